The fourth-order valence-corrected chi connectivity index (χ4v) is 5.38. The van der Waals surface area contributed by atoms with Crippen molar-refractivity contribution in [2.45, 2.75) is 63.4 Å². The van der Waals surface area contributed by atoms with Crippen LogP contribution in [0.1, 0.15) is 37.4 Å². The van der Waals surface area contributed by atoms with Crippen LogP contribution in [0, 0.1) is 0 Å². The number of nitrogens with one attached hydrogen (secondary N) is 1. The highest BCUT2D eigenvalue weighted by Gasteiger charge is 2.51. The van der Waals surface area contributed by atoms with Gasteiger partial charge in [-0.05, 0) is 48.0 Å². The van der Waals surface area contributed by atoms with Gasteiger partial charge in [-0.1, -0.05) is 44.1 Å². The Morgan fingerprint density at radius 2 is 2.03 bits per heavy atom. The summed E-state index contributed by atoms with van der Waals surface area (Å²) in [5.41, 5.74) is 10.2. The molecular formula is C24H29N9O3SSi. The fraction of sp³-hybridized carbons (Fsp3) is 0.458. The van der Waals surface area contributed by atoms with Crippen molar-refractivity contribution in [1.82, 2.24) is 19.5 Å². The van der Waals surface area contributed by atoms with Gasteiger partial charge in [-0.15, -0.1) is 0 Å². The number of azide groups is 1. The third-order valence-electron chi connectivity index (χ3n) is 6.98. The molecule has 12 nitrogen and oxygen atoms in total. The van der Waals surface area contributed by atoms with Gasteiger partial charge in [0.2, 0.25) is 0 Å². The molecule has 4 rings (SSSR count). The number of isothiocyanates is 1. The Hall–Kier alpha value is -3.51. The van der Waals surface area contributed by atoms with Crippen LogP contribution in [-0.2, 0) is 9.16 Å². The molecule has 3 heterocycles. The summed E-state index contributed by atoms with van der Waals surface area (Å²) in [5.74, 6) is -0.0530. The number of imidazole rings is 1. The van der Waals surface area contributed by atoms with Gasteiger partial charge in [-0.25, -0.2) is 19.9 Å². The molecule has 0 radical (unpaired) electrons. The van der Waals surface area contributed by atoms with Gasteiger partial charge >= 0.3 is 0 Å². The maximum absolute atomic E-state index is 12.8. The molecule has 2 aromatic heterocycles. The number of hydrogen-bond donors (Lipinski definition) is 1. The minimum Gasteiger partial charge on any atom is -0.407 e. The Morgan fingerprint density at radius 1 is 1.29 bits per heavy atom. The van der Waals surface area contributed by atoms with E-state index in [1.165, 1.54) is 6.33 Å². The molecule has 1 N–H and O–H groups in total. The zero-order valence-corrected chi connectivity index (χ0v) is 23.6. The summed E-state index contributed by atoms with van der Waals surface area (Å²) >= 11 is 4.94. The third kappa shape index (κ3) is 5.51. The molecule has 0 saturated carbocycles. The summed E-state index contributed by atoms with van der Waals surface area (Å²) in [7, 11) is -2.32. The molecule has 1 aliphatic heterocycles. The van der Waals surface area contributed by atoms with E-state index < -0.39 is 32.8 Å². The zero-order valence-electron chi connectivity index (χ0n) is 21.8. The van der Waals surface area contributed by atoms with Gasteiger partial charge in [0.25, 0.3) is 5.91 Å². The molecular weight excluding hydrogens is 522 g/mol. The van der Waals surface area contributed by atoms with E-state index in [0.717, 1.165) is 0 Å². The number of aromatic nitrogens is 4. The van der Waals surface area contributed by atoms with Gasteiger partial charge in [0, 0.05) is 10.5 Å². The van der Waals surface area contributed by atoms with E-state index in [4.69, 9.17) is 26.9 Å². The molecule has 1 amide bonds. The predicted octanol–water partition coefficient (Wildman–Crippen LogP) is 5.15. The van der Waals surface area contributed by atoms with E-state index in [2.05, 4.69) is 74.3 Å². The number of hydrogen-bond acceptors (Lipinski definition) is 9. The molecule has 1 aromatic carbocycles. The molecule has 1 fully saturated rings. The van der Waals surface area contributed by atoms with E-state index in [0.29, 0.717) is 16.7 Å². The summed E-state index contributed by atoms with van der Waals surface area (Å²) in [6.45, 7) is 10.7. The van der Waals surface area contributed by atoms with Crippen LogP contribution in [0.25, 0.3) is 21.6 Å². The number of ether oxygens (including phenoxy) is 1. The molecule has 0 bridgehead atoms. The van der Waals surface area contributed by atoms with Crippen molar-refractivity contribution in [3.05, 3.63) is 59.0 Å². The Morgan fingerprint density at radius 3 is 2.68 bits per heavy atom. The van der Waals surface area contributed by atoms with Crippen LogP contribution in [-0.4, -0.2) is 63.7 Å². The van der Waals surface area contributed by atoms with Crippen LogP contribution >= 0.6 is 12.2 Å². The quantitative estimate of drug-likeness (QED) is 0.101. The number of benzene rings is 1. The fourth-order valence-electron chi connectivity index (χ4n) is 3.97. The monoisotopic (exact) mass is 551 g/mol. The second-order valence-electron chi connectivity index (χ2n) is 10.4. The van der Waals surface area contributed by atoms with E-state index in [1.807, 2.05) is 6.07 Å². The molecule has 0 spiro atoms. The Labute approximate surface area is 226 Å². The highest BCUT2D eigenvalue weighted by molar-refractivity contribution is 7.78. The van der Waals surface area contributed by atoms with E-state index in [9.17, 15) is 4.79 Å². The van der Waals surface area contributed by atoms with Crippen LogP contribution in [0.5, 0.6) is 0 Å². The molecule has 4 atom stereocenters. The van der Waals surface area contributed by atoms with Crippen molar-refractivity contribution >= 4 is 48.6 Å². The number of aliphatic imine (C=N–C) groups is 1. The van der Waals surface area contributed by atoms with Gasteiger partial charge in [0.1, 0.15) is 18.5 Å². The number of rotatable bonds is 8. The Bertz CT molecular complexity index is 1410. The molecule has 3 aromatic rings. The summed E-state index contributed by atoms with van der Waals surface area (Å²) in [6, 6.07) is 8.26. The van der Waals surface area contributed by atoms with Crippen LogP contribution in [0.15, 0.2) is 53.1 Å². The maximum atomic E-state index is 12.8. The summed E-state index contributed by atoms with van der Waals surface area (Å²) in [5, 5.41) is 8.88. The number of nitrogens with zero attached hydrogens (tertiary/aromatic N) is 8. The van der Waals surface area contributed by atoms with Gasteiger partial charge in [0.05, 0.1) is 24.1 Å². The van der Waals surface area contributed by atoms with Crippen molar-refractivity contribution in [2.24, 2.45) is 10.1 Å². The lowest BCUT2D eigenvalue weighted by Crippen LogP contribution is -2.48. The molecule has 1 saturated heterocycles. The number of thiocarbonyl (C=S) groups is 1. The summed E-state index contributed by atoms with van der Waals surface area (Å²) < 4.78 is 14.9. The maximum Gasteiger partial charge on any atom is 0.256 e. The highest BCUT2D eigenvalue weighted by atomic mass is 32.1. The lowest BCUT2D eigenvalue weighted by Gasteiger charge is -2.40. The van der Waals surface area contributed by atoms with Crippen LogP contribution < -0.4 is 5.32 Å². The minimum absolute atomic E-state index is 0.0372. The zero-order chi connectivity index (χ0) is 27.5. The Kier molecular flexibility index (Phi) is 8.02. The van der Waals surface area contributed by atoms with E-state index >= 15 is 0 Å². The molecule has 198 valence electrons. The van der Waals surface area contributed by atoms with E-state index in [-0.39, 0.29) is 23.3 Å². The number of fused-ring (bicyclic) bond motifs is 1. The standard InChI is InChI=1S/C24H29N9O3SSi/c1-24(2,3)38(4,5)36-19-17(29-14-37)16(11-30-32-25)35-23(19)33-13-28-18-20(26-12-27-21(18)33)31-22(34)15-9-7-6-8-10-15/h6-10,12-13,16-17,19,23H,11H2,1-5H3,(H,26,27,31,34)/t16-,17-,19-,23-/m1/s1. The minimum atomic E-state index is -2.32. The normalized spacial score (nSPS) is 21.5. The molecule has 1 aliphatic rings. The third-order valence-corrected chi connectivity index (χ3v) is 11.6. The van der Waals surface area contributed by atoms with Crippen molar-refractivity contribution in [3.63, 3.8) is 0 Å². The molecule has 14 heteroatoms. The number of anilines is 1. The molecule has 38 heavy (non-hydrogen) atoms. The first-order chi connectivity index (χ1) is 18.1. The second kappa shape index (κ2) is 11.1. The average molecular weight is 552 g/mol. The molecule has 0 unspecified atom stereocenters. The largest absolute Gasteiger partial charge is 0.407 e. The first-order valence-electron chi connectivity index (χ1n) is 12.0. The van der Waals surface area contributed by atoms with Gasteiger partial charge < -0.3 is 14.5 Å². The van der Waals surface area contributed by atoms with Crippen LogP contribution in [0.4, 0.5) is 5.82 Å². The molecule has 0 aliphatic carbocycles. The number of carbonyl (C=O) groups is 1. The van der Waals surface area contributed by atoms with Crippen molar-refractivity contribution in [2.75, 3.05) is 11.9 Å². The highest BCUT2D eigenvalue weighted by Crippen LogP contribution is 2.43. The van der Waals surface area contributed by atoms with E-state index in [1.54, 1.807) is 35.2 Å². The summed E-state index contributed by atoms with van der Waals surface area (Å²) in [6.07, 6.45) is 1.03. The summed E-state index contributed by atoms with van der Waals surface area (Å²) in [4.78, 5) is 33.2. The van der Waals surface area contributed by atoms with Crippen LogP contribution in [0.3, 0.4) is 0 Å². The first-order valence-corrected chi connectivity index (χ1v) is 15.3. The predicted molar refractivity (Wildman–Crippen MR) is 149 cm³/mol. The van der Waals surface area contributed by atoms with Crippen molar-refractivity contribution in [3.8, 4) is 0 Å². The Balaban J connectivity index is 1.75. The van der Waals surface area contributed by atoms with Gasteiger partial charge in [0.15, 0.2) is 31.5 Å². The van der Waals surface area contributed by atoms with Crippen molar-refractivity contribution in [1.29, 1.82) is 0 Å². The first kappa shape index (κ1) is 27.5. The average Bonchev–Trinajstić information content (AvgIpc) is 3.45. The lowest BCUT2D eigenvalue weighted by molar-refractivity contribution is -0.0285. The van der Waals surface area contributed by atoms with Crippen LogP contribution in [0.2, 0.25) is 18.1 Å². The van der Waals surface area contributed by atoms with Gasteiger partial charge in [-0.2, -0.15) is 0 Å². The van der Waals surface area contributed by atoms with Gasteiger partial charge in [-0.3, -0.25) is 9.36 Å². The number of amides is 1. The number of carbonyl (C=O) groups excluding carboxylic acids is 1. The smallest absolute Gasteiger partial charge is 0.256 e. The topological polar surface area (TPSA) is 152 Å². The lowest BCUT2D eigenvalue weighted by atomic mass is 10.1. The SMILES string of the molecule is CC(C)(C)[Si](C)(C)O[C@@H]1[C@H](N=C=S)[C@@H](CN=[N+]=[N-])O[C@H]1n1cnc2c(NC(=O)c3ccccc3)ncnc21. The van der Waals surface area contributed by atoms with Crippen molar-refractivity contribution < 1.29 is 14.0 Å². The second-order valence-corrected chi connectivity index (χ2v) is 15.3.